The highest BCUT2D eigenvalue weighted by atomic mass is 16.5. The molecule has 1 N–H and O–H groups in total. The van der Waals surface area contributed by atoms with Crippen LogP contribution in [-0.4, -0.2) is 77.8 Å². The number of unbranched alkanes of at least 4 members (excludes halogenated alkanes) is 1. The molecule has 0 bridgehead atoms. The molecule has 0 aliphatic carbocycles. The molecule has 0 aromatic heterocycles. The minimum absolute atomic E-state index is 0.0114. The molecular formula is C31H40N4O3. The number of carboxylic acids is 1. The first-order valence-corrected chi connectivity index (χ1v) is 13.6. The van der Waals surface area contributed by atoms with Crippen molar-refractivity contribution in [3.05, 3.63) is 77.9 Å². The number of piperazine rings is 1. The maximum Gasteiger partial charge on any atom is 0.303 e. The normalized spacial score (nSPS) is 22.7. The van der Waals surface area contributed by atoms with Gasteiger partial charge in [-0.2, -0.15) is 0 Å². The van der Waals surface area contributed by atoms with Gasteiger partial charge in [0.15, 0.2) is 0 Å². The Morgan fingerprint density at radius 3 is 2.63 bits per heavy atom. The van der Waals surface area contributed by atoms with Gasteiger partial charge in [-0.05, 0) is 55.5 Å². The van der Waals surface area contributed by atoms with Crippen LogP contribution in [0.15, 0.2) is 71.2 Å². The second kappa shape index (κ2) is 13.0. The van der Waals surface area contributed by atoms with E-state index in [0.717, 1.165) is 49.5 Å². The van der Waals surface area contributed by atoms with Crippen LogP contribution in [0.2, 0.25) is 0 Å². The number of carbonyl (C=O) groups is 1. The van der Waals surface area contributed by atoms with E-state index in [9.17, 15) is 4.79 Å². The number of rotatable bonds is 12. The molecule has 1 saturated heterocycles. The molecule has 4 atom stereocenters. The molecule has 0 spiro atoms. The Morgan fingerprint density at radius 2 is 1.92 bits per heavy atom. The monoisotopic (exact) mass is 516 g/mol. The van der Waals surface area contributed by atoms with Crippen molar-refractivity contribution in [1.29, 1.82) is 0 Å². The minimum atomic E-state index is -0.749. The second-order valence-corrected chi connectivity index (χ2v) is 10.4. The molecule has 7 heteroatoms. The van der Waals surface area contributed by atoms with Crippen molar-refractivity contribution in [2.75, 3.05) is 26.7 Å². The third-order valence-electron chi connectivity index (χ3n) is 7.67. The van der Waals surface area contributed by atoms with Crippen molar-refractivity contribution < 1.29 is 14.6 Å². The number of hydrogen-bond donors (Lipinski definition) is 1. The molecule has 2 aromatic carbocycles. The van der Waals surface area contributed by atoms with E-state index in [1.54, 1.807) is 13.4 Å². The van der Waals surface area contributed by atoms with Crippen molar-refractivity contribution in [3.63, 3.8) is 0 Å². The van der Waals surface area contributed by atoms with Crippen molar-refractivity contribution in [1.82, 2.24) is 9.80 Å². The lowest BCUT2D eigenvalue weighted by atomic mass is 9.91. The van der Waals surface area contributed by atoms with Crippen LogP contribution in [0, 0.1) is 0 Å². The molecule has 0 saturated carbocycles. The molecule has 0 amide bonds. The van der Waals surface area contributed by atoms with Gasteiger partial charge in [-0.25, -0.2) is 4.99 Å². The second-order valence-electron chi connectivity index (χ2n) is 10.4. The summed E-state index contributed by atoms with van der Waals surface area (Å²) in [6.45, 7) is 11.4. The fraction of sp³-hybridized carbons (Fsp3) is 0.452. The summed E-state index contributed by atoms with van der Waals surface area (Å²) in [5.74, 6) is 0.110. The van der Waals surface area contributed by atoms with Crippen LogP contribution in [0.3, 0.4) is 0 Å². The number of methoxy groups -OCH3 is 1. The zero-order valence-corrected chi connectivity index (χ0v) is 22.8. The molecule has 2 aromatic rings. The fourth-order valence-corrected chi connectivity index (χ4v) is 5.65. The van der Waals surface area contributed by atoms with Gasteiger partial charge < -0.3 is 9.84 Å². The molecular weight excluding hydrogens is 476 g/mol. The Hall–Kier alpha value is -3.29. The third-order valence-corrected chi connectivity index (χ3v) is 7.67. The van der Waals surface area contributed by atoms with Gasteiger partial charge in [0.05, 0.1) is 24.9 Å². The van der Waals surface area contributed by atoms with E-state index in [2.05, 4.69) is 82.7 Å². The molecule has 38 heavy (non-hydrogen) atoms. The van der Waals surface area contributed by atoms with E-state index in [-0.39, 0.29) is 18.5 Å². The van der Waals surface area contributed by atoms with Crippen LogP contribution < -0.4 is 4.74 Å². The minimum Gasteiger partial charge on any atom is -0.497 e. The number of aliphatic imine (C=N–C) groups is 2. The third kappa shape index (κ3) is 6.58. The van der Waals surface area contributed by atoms with Crippen molar-refractivity contribution >= 4 is 18.0 Å². The maximum absolute atomic E-state index is 10.8. The van der Waals surface area contributed by atoms with E-state index in [0.29, 0.717) is 18.5 Å². The molecule has 2 aliphatic rings. The van der Waals surface area contributed by atoms with Crippen LogP contribution in [0.1, 0.15) is 62.3 Å². The SMILES string of the molecule is C=CCN1CC(C)N(C(c2ccc(C3=NC=NC3CCCCC(=O)O)cc2)c2cccc(OC)c2)CC1C. The van der Waals surface area contributed by atoms with Gasteiger partial charge >= 0.3 is 5.97 Å². The summed E-state index contributed by atoms with van der Waals surface area (Å²) in [5, 5.41) is 8.91. The van der Waals surface area contributed by atoms with Crippen LogP contribution in [0.4, 0.5) is 0 Å². The Bertz CT molecular complexity index is 1160. The maximum atomic E-state index is 10.8. The van der Waals surface area contributed by atoms with Gasteiger partial charge in [0, 0.05) is 38.1 Å². The highest BCUT2D eigenvalue weighted by Gasteiger charge is 2.34. The highest BCUT2D eigenvalue weighted by Crippen LogP contribution is 2.35. The van der Waals surface area contributed by atoms with Crippen molar-refractivity contribution in [2.45, 2.75) is 63.7 Å². The summed E-state index contributed by atoms with van der Waals surface area (Å²) in [7, 11) is 1.71. The lowest BCUT2D eigenvalue weighted by Crippen LogP contribution is -2.57. The number of aliphatic carboxylic acids is 1. The Kier molecular flexibility index (Phi) is 9.48. The fourth-order valence-electron chi connectivity index (χ4n) is 5.65. The first-order valence-electron chi connectivity index (χ1n) is 13.6. The number of ether oxygens (including phenoxy) is 1. The Morgan fingerprint density at radius 1 is 1.13 bits per heavy atom. The summed E-state index contributed by atoms with van der Waals surface area (Å²) in [6, 6.07) is 18.0. The Labute approximate surface area is 226 Å². The summed E-state index contributed by atoms with van der Waals surface area (Å²) in [5.41, 5.74) is 4.47. The van der Waals surface area contributed by atoms with Crippen molar-refractivity contribution in [2.24, 2.45) is 9.98 Å². The van der Waals surface area contributed by atoms with E-state index < -0.39 is 5.97 Å². The number of hydrogen-bond acceptors (Lipinski definition) is 6. The molecule has 4 rings (SSSR count). The number of nitrogens with zero attached hydrogens (tertiary/aromatic N) is 4. The summed E-state index contributed by atoms with van der Waals surface area (Å²) in [4.78, 5) is 25.0. The van der Waals surface area contributed by atoms with Gasteiger partial charge in [0.2, 0.25) is 0 Å². The summed E-state index contributed by atoms with van der Waals surface area (Å²) < 4.78 is 5.58. The van der Waals surface area contributed by atoms with E-state index in [1.807, 2.05) is 12.1 Å². The summed E-state index contributed by atoms with van der Waals surface area (Å²) >= 11 is 0. The van der Waals surface area contributed by atoms with Gasteiger partial charge in [-0.15, -0.1) is 6.58 Å². The van der Waals surface area contributed by atoms with Gasteiger partial charge in [-0.3, -0.25) is 19.6 Å². The predicted octanol–water partition coefficient (Wildman–Crippen LogP) is 5.21. The molecule has 1 fully saturated rings. The topological polar surface area (TPSA) is 77.7 Å². The van der Waals surface area contributed by atoms with E-state index >= 15 is 0 Å². The lowest BCUT2D eigenvalue weighted by molar-refractivity contribution is -0.137. The average molecular weight is 517 g/mol. The van der Waals surface area contributed by atoms with Crippen LogP contribution in [0.25, 0.3) is 0 Å². The first-order chi connectivity index (χ1) is 18.4. The molecule has 7 nitrogen and oxygen atoms in total. The highest BCUT2D eigenvalue weighted by molar-refractivity contribution is 6.10. The zero-order valence-electron chi connectivity index (χ0n) is 22.8. The molecule has 2 aliphatic heterocycles. The molecule has 0 radical (unpaired) electrons. The molecule has 4 unspecified atom stereocenters. The number of benzene rings is 2. The lowest BCUT2D eigenvalue weighted by Gasteiger charge is -2.47. The van der Waals surface area contributed by atoms with Gasteiger partial charge in [0.25, 0.3) is 0 Å². The van der Waals surface area contributed by atoms with Gasteiger partial charge in [-0.1, -0.05) is 48.9 Å². The van der Waals surface area contributed by atoms with Crippen LogP contribution in [0.5, 0.6) is 5.75 Å². The smallest absolute Gasteiger partial charge is 0.303 e. The van der Waals surface area contributed by atoms with Gasteiger partial charge in [0.1, 0.15) is 12.1 Å². The van der Waals surface area contributed by atoms with E-state index in [1.165, 1.54) is 11.1 Å². The predicted molar refractivity (Wildman–Crippen MR) is 154 cm³/mol. The summed E-state index contributed by atoms with van der Waals surface area (Å²) in [6.07, 6.45) is 6.11. The van der Waals surface area contributed by atoms with Crippen LogP contribution in [-0.2, 0) is 4.79 Å². The zero-order chi connectivity index (χ0) is 27.1. The average Bonchev–Trinajstić information content (AvgIpc) is 3.38. The molecule has 2 heterocycles. The van der Waals surface area contributed by atoms with Crippen molar-refractivity contribution in [3.8, 4) is 5.75 Å². The molecule has 202 valence electrons. The Balaban J connectivity index is 1.58. The largest absolute Gasteiger partial charge is 0.497 e. The van der Waals surface area contributed by atoms with E-state index in [4.69, 9.17) is 9.84 Å². The standard InChI is InChI=1S/C31H40N4O3/c1-5-17-34-19-23(3)35(20-22(34)2)31(26-9-8-10-27(18-26)38-4)25-15-13-24(14-16-25)30-28(32-21-33-30)11-6-7-12-29(36)37/h5,8-10,13-16,18,21-23,28,31H,1,6-7,11-12,17,19-20H2,2-4H3,(H,36,37). The van der Waals surface area contributed by atoms with Crippen LogP contribution >= 0.6 is 0 Å². The number of carboxylic acid groups (broad SMARTS) is 1. The quantitative estimate of drug-likeness (QED) is 0.310. The first kappa shape index (κ1) is 27.7.